The van der Waals surface area contributed by atoms with Crippen LogP contribution in [0.15, 0.2) is 24.3 Å². The van der Waals surface area contributed by atoms with E-state index in [-0.39, 0.29) is 30.7 Å². The summed E-state index contributed by atoms with van der Waals surface area (Å²) in [6.45, 7) is 0.572. The minimum Gasteiger partial charge on any atom is -0.354 e. The zero-order chi connectivity index (χ0) is 15.5. The van der Waals surface area contributed by atoms with Crippen molar-refractivity contribution in [2.75, 3.05) is 19.3 Å². The predicted octanol–water partition coefficient (Wildman–Crippen LogP) is 0.908. The highest BCUT2D eigenvalue weighted by atomic mass is 32.2. The molecule has 21 heavy (non-hydrogen) atoms. The molecule has 1 saturated carbocycles. The first-order chi connectivity index (χ1) is 9.86. The molecule has 0 atom stereocenters. The number of sulfonamides is 1. The third-order valence-electron chi connectivity index (χ3n) is 3.31. The standard InChI is InChI=1S/C14H19FN2O3S/c1-21(19,20)17(13-6-7-13)9-8-16-14(18)10-11-2-4-12(15)5-3-11/h2-5,13H,6-10H2,1H3,(H,16,18). The fraction of sp³-hybridized carbons (Fsp3) is 0.500. The van der Waals surface area contributed by atoms with E-state index in [0.717, 1.165) is 18.4 Å². The maximum Gasteiger partial charge on any atom is 0.224 e. The van der Waals surface area contributed by atoms with Crippen molar-refractivity contribution in [3.63, 3.8) is 0 Å². The summed E-state index contributed by atoms with van der Waals surface area (Å²) in [4.78, 5) is 11.7. The molecule has 1 aromatic carbocycles. The highest BCUT2D eigenvalue weighted by Gasteiger charge is 2.34. The van der Waals surface area contributed by atoms with Gasteiger partial charge < -0.3 is 5.32 Å². The van der Waals surface area contributed by atoms with Crippen LogP contribution in [0.4, 0.5) is 4.39 Å². The maximum atomic E-state index is 12.7. The molecule has 116 valence electrons. The molecule has 0 saturated heterocycles. The Hall–Kier alpha value is -1.47. The first-order valence-corrected chi connectivity index (χ1v) is 8.69. The van der Waals surface area contributed by atoms with Gasteiger partial charge in [0, 0.05) is 19.1 Å². The third-order valence-corrected chi connectivity index (χ3v) is 4.65. The molecule has 0 heterocycles. The van der Waals surface area contributed by atoms with Crippen molar-refractivity contribution in [1.82, 2.24) is 9.62 Å². The molecule has 0 aromatic heterocycles. The Morgan fingerprint density at radius 2 is 1.95 bits per heavy atom. The topological polar surface area (TPSA) is 66.5 Å². The summed E-state index contributed by atoms with van der Waals surface area (Å²) in [6, 6.07) is 5.82. The van der Waals surface area contributed by atoms with E-state index in [2.05, 4.69) is 5.32 Å². The molecule has 1 aromatic rings. The monoisotopic (exact) mass is 314 g/mol. The van der Waals surface area contributed by atoms with Gasteiger partial charge in [-0.05, 0) is 30.5 Å². The van der Waals surface area contributed by atoms with E-state index in [0.29, 0.717) is 6.54 Å². The number of benzene rings is 1. The Kier molecular flexibility index (Phi) is 4.95. The molecule has 0 spiro atoms. The smallest absolute Gasteiger partial charge is 0.224 e. The number of rotatable bonds is 7. The summed E-state index contributed by atoms with van der Waals surface area (Å²) in [5, 5.41) is 2.69. The Morgan fingerprint density at radius 1 is 1.33 bits per heavy atom. The molecule has 0 bridgehead atoms. The predicted molar refractivity (Wildman–Crippen MR) is 77.7 cm³/mol. The van der Waals surface area contributed by atoms with Crippen molar-refractivity contribution in [2.45, 2.75) is 25.3 Å². The average Bonchev–Trinajstić information content (AvgIpc) is 3.20. The normalized spacial score (nSPS) is 15.2. The Balaban J connectivity index is 1.77. The second-order valence-electron chi connectivity index (χ2n) is 5.26. The van der Waals surface area contributed by atoms with E-state index in [1.807, 2.05) is 0 Å². The fourth-order valence-electron chi connectivity index (χ4n) is 2.14. The highest BCUT2D eigenvalue weighted by molar-refractivity contribution is 7.88. The minimum absolute atomic E-state index is 0.0917. The molecule has 5 nitrogen and oxygen atoms in total. The number of nitrogens with zero attached hydrogens (tertiary/aromatic N) is 1. The van der Waals surface area contributed by atoms with E-state index in [1.165, 1.54) is 22.7 Å². The fourth-order valence-corrected chi connectivity index (χ4v) is 3.31. The minimum atomic E-state index is -3.22. The van der Waals surface area contributed by atoms with Crippen LogP contribution in [-0.2, 0) is 21.2 Å². The van der Waals surface area contributed by atoms with Gasteiger partial charge in [-0.1, -0.05) is 12.1 Å². The zero-order valence-corrected chi connectivity index (χ0v) is 12.7. The summed E-state index contributed by atoms with van der Waals surface area (Å²) >= 11 is 0. The quantitative estimate of drug-likeness (QED) is 0.813. The van der Waals surface area contributed by atoms with Gasteiger partial charge >= 0.3 is 0 Å². The van der Waals surface area contributed by atoms with E-state index in [1.54, 1.807) is 12.1 Å². The van der Waals surface area contributed by atoms with Gasteiger partial charge in [-0.2, -0.15) is 4.31 Å². The van der Waals surface area contributed by atoms with Crippen molar-refractivity contribution >= 4 is 15.9 Å². The first-order valence-electron chi connectivity index (χ1n) is 6.84. The summed E-state index contributed by atoms with van der Waals surface area (Å²) in [7, 11) is -3.22. The Labute approximate surface area is 124 Å². The van der Waals surface area contributed by atoms with Crippen molar-refractivity contribution in [3.05, 3.63) is 35.6 Å². The van der Waals surface area contributed by atoms with Crippen molar-refractivity contribution in [3.8, 4) is 0 Å². The van der Waals surface area contributed by atoms with E-state index < -0.39 is 10.0 Å². The molecule has 0 unspecified atom stereocenters. The molecule has 2 rings (SSSR count). The van der Waals surface area contributed by atoms with Gasteiger partial charge in [0.25, 0.3) is 0 Å². The molecule has 1 N–H and O–H groups in total. The van der Waals surface area contributed by atoms with Gasteiger partial charge in [0.2, 0.25) is 15.9 Å². The van der Waals surface area contributed by atoms with E-state index >= 15 is 0 Å². The second-order valence-corrected chi connectivity index (χ2v) is 7.19. The summed E-state index contributed by atoms with van der Waals surface area (Å²) in [5.41, 5.74) is 0.719. The zero-order valence-electron chi connectivity index (χ0n) is 11.9. The molecule has 7 heteroatoms. The van der Waals surface area contributed by atoms with Crippen LogP contribution in [0, 0.1) is 5.82 Å². The summed E-state index contributed by atoms with van der Waals surface area (Å²) in [5.74, 6) is -0.543. The largest absolute Gasteiger partial charge is 0.354 e. The molecule has 1 aliphatic carbocycles. The Morgan fingerprint density at radius 3 is 2.48 bits per heavy atom. The van der Waals surface area contributed by atoms with Crippen molar-refractivity contribution in [1.29, 1.82) is 0 Å². The van der Waals surface area contributed by atoms with Crippen molar-refractivity contribution < 1.29 is 17.6 Å². The number of hydrogen-bond donors (Lipinski definition) is 1. The maximum absolute atomic E-state index is 12.7. The van der Waals surface area contributed by atoms with Crippen LogP contribution in [0.2, 0.25) is 0 Å². The summed E-state index contributed by atoms with van der Waals surface area (Å²) < 4.78 is 37.4. The SMILES string of the molecule is CS(=O)(=O)N(CCNC(=O)Cc1ccc(F)cc1)C1CC1. The summed E-state index contributed by atoms with van der Waals surface area (Å²) in [6.07, 6.45) is 3.11. The molecule has 0 aliphatic heterocycles. The molecule has 1 fully saturated rings. The van der Waals surface area contributed by atoms with Gasteiger partial charge in [-0.15, -0.1) is 0 Å². The average molecular weight is 314 g/mol. The van der Waals surface area contributed by atoms with Crippen molar-refractivity contribution in [2.24, 2.45) is 0 Å². The van der Waals surface area contributed by atoms with Crippen LogP contribution < -0.4 is 5.32 Å². The number of halogens is 1. The number of carbonyl (C=O) groups excluding carboxylic acids is 1. The lowest BCUT2D eigenvalue weighted by atomic mass is 10.1. The Bertz CT molecular complexity index is 597. The van der Waals surface area contributed by atoms with Gasteiger partial charge in [-0.25, -0.2) is 12.8 Å². The van der Waals surface area contributed by atoms with Crippen LogP contribution in [0.25, 0.3) is 0 Å². The highest BCUT2D eigenvalue weighted by Crippen LogP contribution is 2.28. The van der Waals surface area contributed by atoms with E-state index in [9.17, 15) is 17.6 Å². The van der Waals surface area contributed by atoms with E-state index in [4.69, 9.17) is 0 Å². The van der Waals surface area contributed by atoms with Crippen LogP contribution in [0.1, 0.15) is 18.4 Å². The van der Waals surface area contributed by atoms with Crippen LogP contribution >= 0.6 is 0 Å². The van der Waals surface area contributed by atoms with Crippen LogP contribution in [0.5, 0.6) is 0 Å². The van der Waals surface area contributed by atoms with Crippen LogP contribution in [0.3, 0.4) is 0 Å². The van der Waals surface area contributed by atoms with Gasteiger partial charge in [0.05, 0.1) is 12.7 Å². The molecule has 1 aliphatic rings. The number of amides is 1. The second kappa shape index (κ2) is 6.53. The number of hydrogen-bond acceptors (Lipinski definition) is 3. The lowest BCUT2D eigenvalue weighted by molar-refractivity contribution is -0.120. The molecular weight excluding hydrogens is 295 g/mol. The van der Waals surface area contributed by atoms with Crippen LogP contribution in [-0.4, -0.2) is 44.0 Å². The molecule has 0 radical (unpaired) electrons. The van der Waals surface area contributed by atoms with Gasteiger partial charge in [-0.3, -0.25) is 4.79 Å². The lowest BCUT2D eigenvalue weighted by Crippen LogP contribution is -2.39. The van der Waals surface area contributed by atoms with Gasteiger partial charge in [0.1, 0.15) is 5.82 Å². The third kappa shape index (κ3) is 5.09. The lowest BCUT2D eigenvalue weighted by Gasteiger charge is -2.19. The molecule has 1 amide bonds. The molecular formula is C14H19FN2O3S. The number of nitrogens with one attached hydrogen (secondary N) is 1. The van der Waals surface area contributed by atoms with Gasteiger partial charge in [0.15, 0.2) is 0 Å². The first kappa shape index (κ1) is 15.9. The number of carbonyl (C=O) groups is 1.